The van der Waals surface area contributed by atoms with E-state index in [-0.39, 0.29) is 0 Å². The lowest BCUT2D eigenvalue weighted by Gasteiger charge is -2.07. The third kappa shape index (κ3) is 2.87. The molecule has 0 aliphatic heterocycles. The standard InChI is InChI=1S/C16H18N2O/c19-14-7-4-12(5-8-14)10-11-17-16-9-6-13-2-1-3-15(13)18-16/h4-9,19H,1-3,10-11H2,(H,17,18). The van der Waals surface area contributed by atoms with Crippen LogP contribution in [0.2, 0.25) is 0 Å². The lowest BCUT2D eigenvalue weighted by Crippen LogP contribution is -2.07. The van der Waals surface area contributed by atoms with E-state index in [2.05, 4.69) is 22.4 Å². The van der Waals surface area contributed by atoms with Gasteiger partial charge < -0.3 is 10.4 Å². The Bertz CT molecular complexity index is 563. The number of pyridine rings is 1. The molecule has 0 saturated heterocycles. The third-order valence-corrected chi connectivity index (χ3v) is 3.58. The van der Waals surface area contributed by atoms with Gasteiger partial charge in [0.2, 0.25) is 0 Å². The van der Waals surface area contributed by atoms with Crippen molar-refractivity contribution in [2.45, 2.75) is 25.7 Å². The normalized spacial score (nSPS) is 13.3. The molecule has 2 aromatic rings. The maximum atomic E-state index is 9.22. The van der Waals surface area contributed by atoms with Crippen LogP contribution in [0.15, 0.2) is 36.4 Å². The van der Waals surface area contributed by atoms with Crippen molar-refractivity contribution >= 4 is 5.82 Å². The minimum atomic E-state index is 0.317. The number of phenols is 1. The van der Waals surface area contributed by atoms with E-state index in [0.717, 1.165) is 25.2 Å². The van der Waals surface area contributed by atoms with Gasteiger partial charge in [0.15, 0.2) is 0 Å². The van der Waals surface area contributed by atoms with Crippen molar-refractivity contribution in [1.82, 2.24) is 4.98 Å². The second-order valence-electron chi connectivity index (χ2n) is 5.00. The Hall–Kier alpha value is -2.03. The van der Waals surface area contributed by atoms with E-state index in [0.29, 0.717) is 5.75 Å². The highest BCUT2D eigenvalue weighted by atomic mass is 16.3. The average Bonchev–Trinajstić information content (AvgIpc) is 2.88. The zero-order chi connectivity index (χ0) is 13.1. The summed E-state index contributed by atoms with van der Waals surface area (Å²) in [5.74, 6) is 1.29. The molecule has 98 valence electrons. The Labute approximate surface area is 113 Å². The first-order valence-electron chi connectivity index (χ1n) is 6.82. The quantitative estimate of drug-likeness (QED) is 0.881. The Morgan fingerprint density at radius 3 is 2.74 bits per heavy atom. The molecule has 1 heterocycles. The number of hydrogen-bond acceptors (Lipinski definition) is 3. The van der Waals surface area contributed by atoms with Crippen LogP contribution < -0.4 is 5.32 Å². The van der Waals surface area contributed by atoms with Crippen LogP contribution in [0.5, 0.6) is 5.75 Å². The number of rotatable bonds is 4. The van der Waals surface area contributed by atoms with Gasteiger partial charge in [-0.2, -0.15) is 0 Å². The summed E-state index contributed by atoms with van der Waals surface area (Å²) in [4.78, 5) is 4.65. The molecule has 19 heavy (non-hydrogen) atoms. The fourth-order valence-electron chi connectivity index (χ4n) is 2.52. The van der Waals surface area contributed by atoms with Gasteiger partial charge in [-0.3, -0.25) is 0 Å². The monoisotopic (exact) mass is 254 g/mol. The molecule has 1 aliphatic rings. The molecule has 3 rings (SSSR count). The first kappa shape index (κ1) is 12.0. The smallest absolute Gasteiger partial charge is 0.126 e. The van der Waals surface area contributed by atoms with Crippen molar-refractivity contribution in [1.29, 1.82) is 0 Å². The molecule has 0 amide bonds. The number of aryl methyl sites for hydroxylation is 2. The largest absolute Gasteiger partial charge is 0.508 e. The number of hydrogen-bond donors (Lipinski definition) is 2. The van der Waals surface area contributed by atoms with Gasteiger partial charge in [-0.05, 0) is 55.0 Å². The number of phenolic OH excluding ortho intramolecular Hbond substituents is 1. The Kier molecular flexibility index (Phi) is 3.36. The van der Waals surface area contributed by atoms with Gasteiger partial charge in [-0.1, -0.05) is 18.2 Å². The van der Waals surface area contributed by atoms with Crippen LogP contribution in [0.3, 0.4) is 0 Å². The third-order valence-electron chi connectivity index (χ3n) is 3.58. The van der Waals surface area contributed by atoms with Crippen molar-refractivity contribution < 1.29 is 5.11 Å². The Morgan fingerprint density at radius 2 is 1.89 bits per heavy atom. The highest BCUT2D eigenvalue weighted by molar-refractivity contribution is 5.40. The lowest BCUT2D eigenvalue weighted by atomic mass is 10.1. The predicted octanol–water partition coefficient (Wildman–Crippen LogP) is 2.93. The van der Waals surface area contributed by atoms with Crippen LogP contribution in [-0.4, -0.2) is 16.6 Å². The highest BCUT2D eigenvalue weighted by Gasteiger charge is 2.11. The number of aromatic nitrogens is 1. The molecule has 0 unspecified atom stereocenters. The molecular weight excluding hydrogens is 236 g/mol. The molecule has 0 radical (unpaired) electrons. The number of aromatic hydroxyl groups is 1. The minimum absolute atomic E-state index is 0.317. The second kappa shape index (κ2) is 5.31. The van der Waals surface area contributed by atoms with Crippen LogP contribution >= 0.6 is 0 Å². The number of anilines is 1. The van der Waals surface area contributed by atoms with Crippen LogP contribution in [0.4, 0.5) is 5.82 Å². The van der Waals surface area contributed by atoms with Gasteiger partial charge in [0, 0.05) is 12.2 Å². The number of nitrogens with zero attached hydrogens (tertiary/aromatic N) is 1. The van der Waals surface area contributed by atoms with Crippen LogP contribution in [0, 0.1) is 0 Å². The summed E-state index contributed by atoms with van der Waals surface area (Å²) in [5, 5.41) is 12.6. The van der Waals surface area contributed by atoms with Gasteiger partial charge in [0.25, 0.3) is 0 Å². The maximum Gasteiger partial charge on any atom is 0.126 e. The van der Waals surface area contributed by atoms with E-state index < -0.39 is 0 Å². The van der Waals surface area contributed by atoms with Gasteiger partial charge in [0.1, 0.15) is 11.6 Å². The summed E-state index contributed by atoms with van der Waals surface area (Å²) >= 11 is 0. The number of fused-ring (bicyclic) bond motifs is 1. The van der Waals surface area contributed by atoms with E-state index in [1.165, 1.54) is 29.7 Å². The predicted molar refractivity (Wildman–Crippen MR) is 76.6 cm³/mol. The first-order valence-corrected chi connectivity index (χ1v) is 6.82. The van der Waals surface area contributed by atoms with Crippen LogP contribution in [0.1, 0.15) is 23.2 Å². The molecule has 1 aromatic carbocycles. The van der Waals surface area contributed by atoms with E-state index in [1.54, 1.807) is 12.1 Å². The topological polar surface area (TPSA) is 45.1 Å². The van der Waals surface area contributed by atoms with Crippen molar-refractivity contribution in [3.8, 4) is 5.75 Å². The molecule has 0 bridgehead atoms. The molecule has 1 aromatic heterocycles. The fraction of sp³-hybridized carbons (Fsp3) is 0.312. The summed E-state index contributed by atoms with van der Waals surface area (Å²) in [6.45, 7) is 0.858. The van der Waals surface area contributed by atoms with Crippen molar-refractivity contribution in [2.75, 3.05) is 11.9 Å². The summed E-state index contributed by atoms with van der Waals surface area (Å²) in [6.07, 6.45) is 4.46. The maximum absolute atomic E-state index is 9.22. The van der Waals surface area contributed by atoms with Gasteiger partial charge in [0.05, 0.1) is 0 Å². The molecule has 0 saturated carbocycles. The molecule has 3 heteroatoms. The zero-order valence-corrected chi connectivity index (χ0v) is 10.9. The van der Waals surface area contributed by atoms with Gasteiger partial charge >= 0.3 is 0 Å². The van der Waals surface area contributed by atoms with E-state index in [1.807, 2.05) is 12.1 Å². The molecule has 0 spiro atoms. The Morgan fingerprint density at radius 1 is 1.05 bits per heavy atom. The van der Waals surface area contributed by atoms with Crippen LogP contribution in [0.25, 0.3) is 0 Å². The molecule has 2 N–H and O–H groups in total. The molecule has 0 atom stereocenters. The molecule has 0 fully saturated rings. The van der Waals surface area contributed by atoms with E-state index in [9.17, 15) is 5.11 Å². The van der Waals surface area contributed by atoms with E-state index in [4.69, 9.17) is 0 Å². The van der Waals surface area contributed by atoms with Gasteiger partial charge in [-0.15, -0.1) is 0 Å². The minimum Gasteiger partial charge on any atom is -0.508 e. The fourth-order valence-corrected chi connectivity index (χ4v) is 2.52. The zero-order valence-electron chi connectivity index (χ0n) is 10.9. The number of benzene rings is 1. The second-order valence-corrected chi connectivity index (χ2v) is 5.00. The summed E-state index contributed by atoms with van der Waals surface area (Å²) in [5.41, 5.74) is 3.88. The first-order chi connectivity index (χ1) is 9.31. The van der Waals surface area contributed by atoms with Gasteiger partial charge in [-0.25, -0.2) is 4.98 Å². The number of nitrogens with one attached hydrogen (secondary N) is 1. The van der Waals surface area contributed by atoms with Crippen molar-refractivity contribution in [3.05, 3.63) is 53.2 Å². The highest BCUT2D eigenvalue weighted by Crippen LogP contribution is 2.21. The average molecular weight is 254 g/mol. The van der Waals surface area contributed by atoms with Crippen LogP contribution in [-0.2, 0) is 19.3 Å². The van der Waals surface area contributed by atoms with Crippen molar-refractivity contribution in [3.63, 3.8) is 0 Å². The van der Waals surface area contributed by atoms with Crippen molar-refractivity contribution in [2.24, 2.45) is 0 Å². The Balaban J connectivity index is 1.56. The summed E-state index contributed by atoms with van der Waals surface area (Å²) < 4.78 is 0. The molecular formula is C16H18N2O. The SMILES string of the molecule is Oc1ccc(CCNc2ccc3c(n2)CCC3)cc1. The van der Waals surface area contributed by atoms with E-state index >= 15 is 0 Å². The molecule has 1 aliphatic carbocycles. The lowest BCUT2D eigenvalue weighted by molar-refractivity contribution is 0.475. The molecule has 3 nitrogen and oxygen atoms in total. The summed E-state index contributed by atoms with van der Waals surface area (Å²) in [6, 6.07) is 11.6. The summed E-state index contributed by atoms with van der Waals surface area (Å²) in [7, 11) is 0.